The summed E-state index contributed by atoms with van der Waals surface area (Å²) in [6.07, 6.45) is 0. The van der Waals surface area contributed by atoms with E-state index in [4.69, 9.17) is 4.74 Å². The van der Waals surface area contributed by atoms with Crippen LogP contribution in [0.5, 0.6) is 11.5 Å². The molecule has 0 aliphatic rings. The third-order valence-electron chi connectivity index (χ3n) is 3.14. The Balaban J connectivity index is 1.98. The van der Waals surface area contributed by atoms with Crippen molar-refractivity contribution in [2.45, 2.75) is 0 Å². The molecule has 0 unspecified atom stereocenters. The first-order chi connectivity index (χ1) is 9.78. The molecule has 100 valence electrons. The summed E-state index contributed by atoms with van der Waals surface area (Å²) in [6.45, 7) is 0. The molecule has 1 heterocycles. The number of phenolic OH excluding ortho intramolecular Hbond substituents is 1. The lowest BCUT2D eigenvalue weighted by molar-refractivity contribution is 0.408. The van der Waals surface area contributed by atoms with Crippen LogP contribution in [0.15, 0.2) is 54.6 Å². The molecule has 0 bridgehead atoms. The Hall–Kier alpha value is -2.75. The Morgan fingerprint density at radius 3 is 2.55 bits per heavy atom. The maximum atomic E-state index is 10.0. The molecule has 0 atom stereocenters. The van der Waals surface area contributed by atoms with Crippen molar-refractivity contribution < 1.29 is 9.84 Å². The van der Waals surface area contributed by atoms with Crippen LogP contribution in [0.3, 0.4) is 0 Å². The number of methoxy groups -OCH3 is 1. The first-order valence-electron chi connectivity index (χ1n) is 6.26. The zero-order valence-electron chi connectivity index (χ0n) is 11.0. The summed E-state index contributed by atoms with van der Waals surface area (Å²) < 4.78 is 5.07. The van der Waals surface area contributed by atoms with Crippen LogP contribution in [-0.4, -0.2) is 22.4 Å². The van der Waals surface area contributed by atoms with Gasteiger partial charge in [0.05, 0.1) is 18.5 Å². The molecule has 1 aromatic heterocycles. The van der Waals surface area contributed by atoms with E-state index in [0.29, 0.717) is 17.0 Å². The quantitative estimate of drug-likeness (QED) is 0.763. The second kappa shape index (κ2) is 5.09. The fraction of sp³-hybridized carbons (Fsp3) is 0.0625. The average molecular weight is 266 g/mol. The van der Waals surface area contributed by atoms with Crippen LogP contribution in [0, 0.1) is 0 Å². The predicted octanol–water partition coefficient (Wildman–Crippen LogP) is 3.46. The van der Waals surface area contributed by atoms with Gasteiger partial charge in [-0.25, -0.2) is 0 Å². The van der Waals surface area contributed by atoms with Gasteiger partial charge in [-0.05, 0) is 23.8 Å². The highest BCUT2D eigenvalue weighted by atomic mass is 16.5. The minimum absolute atomic E-state index is 0.149. The Bertz CT molecular complexity index is 720. The fourth-order valence-electron chi connectivity index (χ4n) is 2.08. The number of aromatic amines is 1. The number of hydrogen-bond donors (Lipinski definition) is 2. The van der Waals surface area contributed by atoms with Gasteiger partial charge in [0, 0.05) is 11.6 Å². The Morgan fingerprint density at radius 2 is 1.85 bits per heavy atom. The van der Waals surface area contributed by atoms with Crippen molar-refractivity contribution in [3.05, 3.63) is 54.6 Å². The van der Waals surface area contributed by atoms with E-state index in [-0.39, 0.29) is 5.75 Å². The van der Waals surface area contributed by atoms with Gasteiger partial charge < -0.3 is 9.84 Å². The number of aromatic nitrogens is 2. The maximum absolute atomic E-state index is 10.0. The lowest BCUT2D eigenvalue weighted by atomic mass is 10.1. The van der Waals surface area contributed by atoms with Crippen LogP contribution in [0.25, 0.3) is 22.5 Å². The Labute approximate surface area is 116 Å². The van der Waals surface area contributed by atoms with Gasteiger partial charge in [-0.3, -0.25) is 5.10 Å². The molecule has 0 radical (unpaired) electrons. The second-order valence-electron chi connectivity index (χ2n) is 4.42. The minimum Gasteiger partial charge on any atom is -0.507 e. The first kappa shape index (κ1) is 12.3. The molecule has 2 N–H and O–H groups in total. The van der Waals surface area contributed by atoms with Crippen molar-refractivity contribution in [3.8, 4) is 34.0 Å². The van der Waals surface area contributed by atoms with E-state index in [0.717, 1.165) is 11.3 Å². The third-order valence-corrected chi connectivity index (χ3v) is 3.14. The number of rotatable bonds is 3. The van der Waals surface area contributed by atoms with E-state index >= 15 is 0 Å². The smallest absolute Gasteiger partial charge is 0.128 e. The van der Waals surface area contributed by atoms with Crippen molar-refractivity contribution in [1.82, 2.24) is 10.2 Å². The molecule has 0 saturated carbocycles. The van der Waals surface area contributed by atoms with Crippen molar-refractivity contribution in [1.29, 1.82) is 0 Å². The summed E-state index contributed by atoms with van der Waals surface area (Å²) >= 11 is 0. The molecule has 0 fully saturated rings. The molecule has 0 saturated heterocycles. The van der Waals surface area contributed by atoms with E-state index in [1.165, 1.54) is 0 Å². The van der Waals surface area contributed by atoms with Crippen LogP contribution in [0.1, 0.15) is 0 Å². The summed E-state index contributed by atoms with van der Waals surface area (Å²) in [4.78, 5) is 0. The molecule has 0 aliphatic heterocycles. The zero-order chi connectivity index (χ0) is 13.9. The highest BCUT2D eigenvalue weighted by Crippen LogP contribution is 2.32. The fourth-order valence-corrected chi connectivity index (χ4v) is 2.08. The molecule has 0 amide bonds. The Morgan fingerprint density at radius 1 is 1.05 bits per heavy atom. The average Bonchev–Trinajstić information content (AvgIpc) is 2.97. The summed E-state index contributed by atoms with van der Waals surface area (Å²) in [7, 11) is 1.57. The normalized spacial score (nSPS) is 10.4. The van der Waals surface area contributed by atoms with Crippen LogP contribution in [0.2, 0.25) is 0 Å². The van der Waals surface area contributed by atoms with Gasteiger partial charge in [0.25, 0.3) is 0 Å². The van der Waals surface area contributed by atoms with E-state index in [1.54, 1.807) is 25.3 Å². The minimum atomic E-state index is 0.149. The van der Waals surface area contributed by atoms with Crippen molar-refractivity contribution in [3.63, 3.8) is 0 Å². The van der Waals surface area contributed by atoms with Gasteiger partial charge in [0.2, 0.25) is 0 Å². The summed E-state index contributed by atoms with van der Waals surface area (Å²) in [6, 6.07) is 17.0. The monoisotopic (exact) mass is 266 g/mol. The first-order valence-corrected chi connectivity index (χ1v) is 6.26. The van der Waals surface area contributed by atoms with Gasteiger partial charge >= 0.3 is 0 Å². The molecular formula is C16H14N2O2. The largest absolute Gasteiger partial charge is 0.507 e. The summed E-state index contributed by atoms with van der Waals surface area (Å²) in [5.74, 6) is 0.764. The lowest BCUT2D eigenvalue weighted by Crippen LogP contribution is -1.84. The van der Waals surface area contributed by atoms with E-state index in [1.807, 2.05) is 36.4 Å². The standard InChI is InChI=1S/C16H14N2O2/c1-20-12-7-8-13(16(19)9-12)15-10-14(17-18-15)11-5-3-2-4-6-11/h2-10,19H,1H3,(H,17,18). The molecule has 20 heavy (non-hydrogen) atoms. The highest BCUT2D eigenvalue weighted by Gasteiger charge is 2.10. The number of nitrogens with zero attached hydrogens (tertiary/aromatic N) is 1. The van der Waals surface area contributed by atoms with Gasteiger partial charge in [0.15, 0.2) is 0 Å². The van der Waals surface area contributed by atoms with Crippen LogP contribution in [0.4, 0.5) is 0 Å². The van der Waals surface area contributed by atoms with E-state index in [9.17, 15) is 5.11 Å². The van der Waals surface area contributed by atoms with E-state index < -0.39 is 0 Å². The van der Waals surface area contributed by atoms with Crippen LogP contribution in [-0.2, 0) is 0 Å². The van der Waals surface area contributed by atoms with Crippen LogP contribution >= 0.6 is 0 Å². The van der Waals surface area contributed by atoms with Crippen molar-refractivity contribution in [2.24, 2.45) is 0 Å². The topological polar surface area (TPSA) is 58.1 Å². The molecule has 3 rings (SSSR count). The molecule has 0 spiro atoms. The lowest BCUT2D eigenvalue weighted by Gasteiger charge is -2.04. The van der Waals surface area contributed by atoms with Gasteiger partial charge in [-0.15, -0.1) is 0 Å². The molecule has 0 aliphatic carbocycles. The second-order valence-corrected chi connectivity index (χ2v) is 4.42. The zero-order valence-corrected chi connectivity index (χ0v) is 11.0. The molecule has 3 aromatic rings. The van der Waals surface area contributed by atoms with Crippen molar-refractivity contribution in [2.75, 3.05) is 7.11 Å². The molecule has 4 nitrogen and oxygen atoms in total. The van der Waals surface area contributed by atoms with E-state index in [2.05, 4.69) is 10.2 Å². The third kappa shape index (κ3) is 2.23. The maximum Gasteiger partial charge on any atom is 0.128 e. The van der Waals surface area contributed by atoms with Crippen LogP contribution < -0.4 is 4.74 Å². The van der Waals surface area contributed by atoms with Gasteiger partial charge in [-0.2, -0.15) is 5.10 Å². The number of phenols is 1. The molecule has 2 aromatic carbocycles. The number of aromatic hydroxyl groups is 1. The van der Waals surface area contributed by atoms with Gasteiger partial charge in [-0.1, -0.05) is 30.3 Å². The molecular weight excluding hydrogens is 252 g/mol. The number of nitrogens with one attached hydrogen (secondary N) is 1. The Kier molecular flexibility index (Phi) is 3.13. The molecule has 4 heteroatoms. The summed E-state index contributed by atoms with van der Waals surface area (Å²) in [5.41, 5.74) is 3.34. The van der Waals surface area contributed by atoms with Gasteiger partial charge in [0.1, 0.15) is 11.5 Å². The number of hydrogen-bond acceptors (Lipinski definition) is 3. The number of ether oxygens (including phenoxy) is 1. The highest BCUT2D eigenvalue weighted by molar-refractivity contribution is 5.72. The van der Waals surface area contributed by atoms with Crippen molar-refractivity contribution >= 4 is 0 Å². The predicted molar refractivity (Wildman–Crippen MR) is 77.7 cm³/mol. The summed E-state index contributed by atoms with van der Waals surface area (Å²) in [5, 5.41) is 17.3. The number of benzene rings is 2. The SMILES string of the molecule is COc1ccc(-c2cc(-c3ccccc3)[nH]n2)c(O)c1. The number of H-pyrrole nitrogens is 1.